The van der Waals surface area contributed by atoms with Crippen LogP contribution < -0.4 is 0 Å². The van der Waals surface area contributed by atoms with Crippen LogP contribution in [-0.4, -0.2) is 33.1 Å². The van der Waals surface area contributed by atoms with Crippen LogP contribution in [0.2, 0.25) is 0 Å². The molecule has 1 unspecified atom stereocenters. The molecule has 0 aromatic heterocycles. The zero-order valence-corrected chi connectivity index (χ0v) is 8.92. The minimum absolute atomic E-state index is 0.0463. The molecule has 13 heavy (non-hydrogen) atoms. The summed E-state index contributed by atoms with van der Waals surface area (Å²) in [4.78, 5) is 11.4. The van der Waals surface area contributed by atoms with Gasteiger partial charge in [-0.25, -0.2) is 4.79 Å². The Bertz CT molecular complexity index is 163. The molecule has 0 N–H and O–H groups in total. The Morgan fingerprint density at radius 3 is 2.00 bits per heavy atom. The van der Waals surface area contributed by atoms with Gasteiger partial charge in [0.25, 0.3) is 5.79 Å². The lowest BCUT2D eigenvalue weighted by Gasteiger charge is -2.32. The second kappa shape index (κ2) is 5.19. The quantitative estimate of drug-likeness (QED) is 0.482. The molecule has 0 spiro atoms. The normalized spacial score (nSPS) is 13.9. The molecule has 0 radical (unpaired) electrons. The number of methoxy groups -OCH3 is 3. The number of esters is 1. The molecule has 0 fully saturated rings. The van der Waals surface area contributed by atoms with Crippen LogP contribution in [0.5, 0.6) is 0 Å². The topological polar surface area (TPSA) is 44.8 Å². The van der Waals surface area contributed by atoms with Crippen LogP contribution in [0.3, 0.4) is 0 Å². The van der Waals surface area contributed by atoms with Crippen LogP contribution in [0.15, 0.2) is 0 Å². The van der Waals surface area contributed by atoms with Crippen molar-refractivity contribution in [3.8, 4) is 0 Å². The van der Waals surface area contributed by atoms with Crippen LogP contribution in [-0.2, 0) is 19.0 Å². The van der Waals surface area contributed by atoms with Crippen molar-refractivity contribution in [1.82, 2.24) is 0 Å². The summed E-state index contributed by atoms with van der Waals surface area (Å²) in [5.41, 5.74) is 0. The van der Waals surface area contributed by atoms with Crippen LogP contribution in [0.4, 0.5) is 0 Å². The zero-order valence-electron chi connectivity index (χ0n) is 8.92. The second-order valence-corrected chi connectivity index (χ2v) is 2.88. The molecule has 78 valence electrons. The smallest absolute Gasteiger partial charge is 0.366 e. The van der Waals surface area contributed by atoms with E-state index in [9.17, 15) is 4.79 Å². The fraction of sp³-hybridized carbons (Fsp3) is 0.889. The molecule has 4 nitrogen and oxygen atoms in total. The highest BCUT2D eigenvalue weighted by atomic mass is 16.7. The van der Waals surface area contributed by atoms with Crippen molar-refractivity contribution in [1.29, 1.82) is 0 Å². The lowest BCUT2D eigenvalue weighted by Crippen LogP contribution is -2.49. The number of carbonyl (C=O) groups is 1. The van der Waals surface area contributed by atoms with E-state index in [4.69, 9.17) is 9.47 Å². The Morgan fingerprint density at radius 2 is 1.77 bits per heavy atom. The fourth-order valence-electron chi connectivity index (χ4n) is 1.26. The Balaban J connectivity index is 4.78. The van der Waals surface area contributed by atoms with Crippen molar-refractivity contribution in [2.75, 3.05) is 21.3 Å². The molecule has 1 atom stereocenters. The number of rotatable bonds is 5. The first kappa shape index (κ1) is 12.4. The van der Waals surface area contributed by atoms with Gasteiger partial charge in [0.1, 0.15) is 0 Å². The first-order valence-electron chi connectivity index (χ1n) is 4.27. The van der Waals surface area contributed by atoms with Gasteiger partial charge in [0, 0.05) is 20.1 Å². The van der Waals surface area contributed by atoms with Crippen molar-refractivity contribution in [3.05, 3.63) is 0 Å². The van der Waals surface area contributed by atoms with E-state index in [1.54, 1.807) is 0 Å². The summed E-state index contributed by atoms with van der Waals surface area (Å²) < 4.78 is 14.8. The van der Waals surface area contributed by atoms with E-state index in [2.05, 4.69) is 4.74 Å². The molecule has 0 amide bonds. The van der Waals surface area contributed by atoms with Crippen LogP contribution >= 0.6 is 0 Å². The van der Waals surface area contributed by atoms with E-state index in [0.29, 0.717) is 0 Å². The molecule has 0 bridgehead atoms. The third-order valence-electron chi connectivity index (χ3n) is 2.34. The lowest BCUT2D eigenvalue weighted by molar-refractivity contribution is -0.246. The standard InChI is InChI=1S/C9H18O4/c1-6-7(2)9(12-4,13-5)8(10)11-3/h7H,6H2,1-5H3. The van der Waals surface area contributed by atoms with Crippen molar-refractivity contribution >= 4 is 5.97 Å². The largest absolute Gasteiger partial charge is 0.465 e. The first-order valence-corrected chi connectivity index (χ1v) is 4.27. The number of hydrogen-bond donors (Lipinski definition) is 0. The van der Waals surface area contributed by atoms with E-state index >= 15 is 0 Å². The lowest BCUT2D eigenvalue weighted by atomic mass is 9.98. The molecule has 0 aliphatic carbocycles. The summed E-state index contributed by atoms with van der Waals surface area (Å²) in [6.45, 7) is 3.84. The molecular weight excluding hydrogens is 172 g/mol. The van der Waals surface area contributed by atoms with Gasteiger partial charge < -0.3 is 14.2 Å². The Labute approximate surface area is 79.2 Å². The molecular formula is C9H18O4. The van der Waals surface area contributed by atoms with Gasteiger partial charge in [-0.1, -0.05) is 13.8 Å². The third kappa shape index (κ3) is 2.19. The summed E-state index contributed by atoms with van der Waals surface area (Å²) in [7, 11) is 4.19. The summed E-state index contributed by atoms with van der Waals surface area (Å²) in [6, 6.07) is 0. The first-order chi connectivity index (χ1) is 6.08. The number of hydrogen-bond acceptors (Lipinski definition) is 4. The highest BCUT2D eigenvalue weighted by molar-refractivity contribution is 5.78. The second-order valence-electron chi connectivity index (χ2n) is 2.88. The fourth-order valence-corrected chi connectivity index (χ4v) is 1.26. The highest BCUT2D eigenvalue weighted by Gasteiger charge is 2.45. The number of carbonyl (C=O) groups excluding carboxylic acids is 1. The maximum absolute atomic E-state index is 11.4. The van der Waals surface area contributed by atoms with E-state index in [-0.39, 0.29) is 5.92 Å². The summed E-state index contributed by atoms with van der Waals surface area (Å²) in [5.74, 6) is -1.80. The molecule has 0 aliphatic heterocycles. The summed E-state index contributed by atoms with van der Waals surface area (Å²) in [5, 5.41) is 0. The maximum atomic E-state index is 11.4. The van der Waals surface area contributed by atoms with Gasteiger partial charge in [-0.3, -0.25) is 0 Å². The Kier molecular flexibility index (Phi) is 4.95. The number of ether oxygens (including phenoxy) is 3. The van der Waals surface area contributed by atoms with Crippen LogP contribution in [0, 0.1) is 5.92 Å². The van der Waals surface area contributed by atoms with E-state index in [1.165, 1.54) is 21.3 Å². The zero-order chi connectivity index (χ0) is 10.5. The van der Waals surface area contributed by atoms with Gasteiger partial charge in [0.05, 0.1) is 7.11 Å². The van der Waals surface area contributed by atoms with Crippen molar-refractivity contribution < 1.29 is 19.0 Å². The average molecular weight is 190 g/mol. The maximum Gasteiger partial charge on any atom is 0.366 e. The van der Waals surface area contributed by atoms with Gasteiger partial charge in [0.15, 0.2) is 0 Å². The minimum atomic E-state index is -1.26. The van der Waals surface area contributed by atoms with Crippen molar-refractivity contribution in [2.24, 2.45) is 5.92 Å². The Hall–Kier alpha value is -0.610. The van der Waals surface area contributed by atoms with Gasteiger partial charge in [-0.05, 0) is 6.42 Å². The highest BCUT2D eigenvalue weighted by Crippen LogP contribution is 2.26. The van der Waals surface area contributed by atoms with Gasteiger partial charge >= 0.3 is 5.97 Å². The van der Waals surface area contributed by atoms with E-state index in [0.717, 1.165) is 6.42 Å². The van der Waals surface area contributed by atoms with Crippen LogP contribution in [0.25, 0.3) is 0 Å². The van der Waals surface area contributed by atoms with Crippen molar-refractivity contribution in [2.45, 2.75) is 26.1 Å². The third-order valence-corrected chi connectivity index (χ3v) is 2.34. The molecule has 0 aromatic rings. The van der Waals surface area contributed by atoms with Gasteiger partial charge in [-0.2, -0.15) is 0 Å². The molecule has 0 heterocycles. The molecule has 0 rings (SSSR count). The summed E-state index contributed by atoms with van der Waals surface area (Å²) in [6.07, 6.45) is 0.775. The molecule has 0 saturated heterocycles. The molecule has 4 heteroatoms. The van der Waals surface area contributed by atoms with Crippen molar-refractivity contribution in [3.63, 3.8) is 0 Å². The van der Waals surface area contributed by atoms with Gasteiger partial charge in [-0.15, -0.1) is 0 Å². The van der Waals surface area contributed by atoms with Crippen LogP contribution in [0.1, 0.15) is 20.3 Å². The average Bonchev–Trinajstić information content (AvgIpc) is 2.19. The monoisotopic (exact) mass is 190 g/mol. The molecule has 0 aromatic carbocycles. The summed E-state index contributed by atoms with van der Waals surface area (Å²) >= 11 is 0. The minimum Gasteiger partial charge on any atom is -0.465 e. The molecule has 0 saturated carbocycles. The Morgan fingerprint density at radius 1 is 1.31 bits per heavy atom. The molecule has 0 aliphatic rings. The van der Waals surface area contributed by atoms with Gasteiger partial charge in [0.2, 0.25) is 0 Å². The SMILES string of the molecule is CCC(C)C(OC)(OC)C(=O)OC. The predicted octanol–water partition coefficient (Wildman–Crippen LogP) is 1.19. The predicted molar refractivity (Wildman–Crippen MR) is 48.2 cm³/mol. The van der Waals surface area contributed by atoms with E-state index in [1.807, 2.05) is 13.8 Å². The van der Waals surface area contributed by atoms with E-state index < -0.39 is 11.8 Å².